The van der Waals surface area contributed by atoms with E-state index in [2.05, 4.69) is 15.5 Å². The molecule has 0 saturated heterocycles. The predicted molar refractivity (Wildman–Crippen MR) is 70.9 cm³/mol. The van der Waals surface area contributed by atoms with Gasteiger partial charge >= 0.3 is 0 Å². The Morgan fingerprint density at radius 2 is 1.95 bits per heavy atom. The minimum atomic E-state index is -0.349. The lowest BCUT2D eigenvalue weighted by molar-refractivity contribution is 0.0678. The molecule has 0 aliphatic rings. The second kappa shape index (κ2) is 8.39. The van der Waals surface area contributed by atoms with Crippen LogP contribution in [-0.4, -0.2) is 64.1 Å². The molecule has 0 aliphatic carbocycles. The quantitative estimate of drug-likeness (QED) is 0.600. The van der Waals surface area contributed by atoms with Crippen LogP contribution < -0.4 is 5.32 Å². The van der Waals surface area contributed by atoms with Crippen molar-refractivity contribution in [3.8, 4) is 0 Å². The Kier molecular flexibility index (Phi) is 6.76. The monoisotopic (exact) mass is 268 g/mol. The Bertz CT molecular complexity index is 377. The normalized spacial score (nSPS) is 10.3. The van der Waals surface area contributed by atoms with Crippen LogP contribution in [0.4, 0.5) is 5.82 Å². The van der Waals surface area contributed by atoms with Gasteiger partial charge in [-0.1, -0.05) is 6.92 Å². The summed E-state index contributed by atoms with van der Waals surface area (Å²) in [5.74, 6) is 0.270. The average molecular weight is 268 g/mol. The topological polar surface area (TPSA) is 98.6 Å². The summed E-state index contributed by atoms with van der Waals surface area (Å²) in [4.78, 5) is 13.4. The van der Waals surface area contributed by atoms with Crippen molar-refractivity contribution >= 4 is 11.7 Å². The largest absolute Gasteiger partial charge is 0.395 e. The molecule has 7 heteroatoms. The summed E-state index contributed by atoms with van der Waals surface area (Å²) < 4.78 is 0. The van der Waals surface area contributed by atoms with E-state index in [0.29, 0.717) is 5.82 Å². The molecule has 0 spiro atoms. The molecule has 1 amide bonds. The molecule has 0 aromatic carbocycles. The Morgan fingerprint density at radius 1 is 1.26 bits per heavy atom. The van der Waals surface area contributed by atoms with Crippen molar-refractivity contribution in [2.24, 2.45) is 0 Å². The molecule has 1 aromatic heterocycles. The minimum absolute atomic E-state index is 0.157. The van der Waals surface area contributed by atoms with Crippen LogP contribution in [0, 0.1) is 0 Å². The van der Waals surface area contributed by atoms with Gasteiger partial charge in [-0.05, 0) is 18.6 Å². The lowest BCUT2D eigenvalue weighted by Gasteiger charge is -2.19. The summed E-state index contributed by atoms with van der Waals surface area (Å²) in [6.07, 6.45) is 0.975. The predicted octanol–water partition coefficient (Wildman–Crippen LogP) is -0.275. The van der Waals surface area contributed by atoms with Gasteiger partial charge in [0, 0.05) is 19.6 Å². The van der Waals surface area contributed by atoms with E-state index in [9.17, 15) is 4.79 Å². The van der Waals surface area contributed by atoms with Gasteiger partial charge in [0.1, 0.15) is 5.82 Å². The minimum Gasteiger partial charge on any atom is -0.395 e. The zero-order chi connectivity index (χ0) is 14.1. The van der Waals surface area contributed by atoms with Crippen molar-refractivity contribution in [1.29, 1.82) is 0 Å². The van der Waals surface area contributed by atoms with Crippen LogP contribution in [0.2, 0.25) is 0 Å². The lowest BCUT2D eigenvalue weighted by Crippen LogP contribution is -2.36. The average Bonchev–Trinajstić information content (AvgIpc) is 2.44. The van der Waals surface area contributed by atoms with Gasteiger partial charge in [-0.2, -0.15) is 0 Å². The molecule has 7 nitrogen and oxygen atoms in total. The highest BCUT2D eigenvalue weighted by Crippen LogP contribution is 2.05. The fourth-order valence-corrected chi connectivity index (χ4v) is 1.51. The maximum absolute atomic E-state index is 12.0. The maximum atomic E-state index is 12.0. The van der Waals surface area contributed by atoms with Gasteiger partial charge in [-0.3, -0.25) is 4.79 Å². The first-order chi connectivity index (χ1) is 9.22. The van der Waals surface area contributed by atoms with E-state index < -0.39 is 0 Å². The molecule has 0 unspecified atom stereocenters. The van der Waals surface area contributed by atoms with Gasteiger partial charge in [-0.15, -0.1) is 10.2 Å². The number of rotatable bonds is 8. The number of amides is 1. The first-order valence-corrected chi connectivity index (χ1v) is 6.31. The maximum Gasteiger partial charge on any atom is 0.274 e. The molecule has 0 atom stereocenters. The lowest BCUT2D eigenvalue weighted by atomic mass is 10.3. The van der Waals surface area contributed by atoms with Crippen molar-refractivity contribution in [3.05, 3.63) is 17.8 Å². The smallest absolute Gasteiger partial charge is 0.274 e. The SMILES string of the molecule is CCCNc1ccc(C(=O)N(CCO)CCO)nn1. The van der Waals surface area contributed by atoms with E-state index in [1.807, 2.05) is 6.92 Å². The van der Waals surface area contributed by atoms with Gasteiger partial charge < -0.3 is 20.4 Å². The molecule has 0 radical (unpaired) electrons. The molecule has 0 fully saturated rings. The number of anilines is 1. The third kappa shape index (κ3) is 4.80. The number of nitrogens with one attached hydrogen (secondary N) is 1. The van der Waals surface area contributed by atoms with Crippen LogP contribution in [-0.2, 0) is 0 Å². The number of hydrogen-bond donors (Lipinski definition) is 3. The van der Waals surface area contributed by atoms with E-state index in [1.165, 1.54) is 4.90 Å². The summed E-state index contributed by atoms with van der Waals surface area (Å²) in [6, 6.07) is 3.26. The van der Waals surface area contributed by atoms with Crippen LogP contribution in [0.1, 0.15) is 23.8 Å². The molecule has 1 rings (SSSR count). The van der Waals surface area contributed by atoms with Gasteiger partial charge in [0.2, 0.25) is 0 Å². The van der Waals surface area contributed by atoms with Crippen molar-refractivity contribution in [2.45, 2.75) is 13.3 Å². The van der Waals surface area contributed by atoms with E-state index in [1.54, 1.807) is 12.1 Å². The highest BCUT2D eigenvalue weighted by atomic mass is 16.3. The Morgan fingerprint density at radius 3 is 2.42 bits per heavy atom. The fourth-order valence-electron chi connectivity index (χ4n) is 1.51. The Labute approximate surface area is 112 Å². The van der Waals surface area contributed by atoms with Crippen molar-refractivity contribution < 1.29 is 15.0 Å². The van der Waals surface area contributed by atoms with Crippen molar-refractivity contribution in [2.75, 3.05) is 38.2 Å². The number of aliphatic hydroxyl groups excluding tert-OH is 2. The number of aromatic nitrogens is 2. The summed E-state index contributed by atoms with van der Waals surface area (Å²) >= 11 is 0. The molecule has 19 heavy (non-hydrogen) atoms. The van der Waals surface area contributed by atoms with Crippen molar-refractivity contribution in [1.82, 2.24) is 15.1 Å². The molecule has 0 bridgehead atoms. The van der Waals surface area contributed by atoms with Gasteiger partial charge in [0.25, 0.3) is 5.91 Å². The zero-order valence-corrected chi connectivity index (χ0v) is 11.0. The third-order valence-corrected chi connectivity index (χ3v) is 2.47. The summed E-state index contributed by atoms with van der Waals surface area (Å²) in [5, 5.41) is 28.6. The Hall–Kier alpha value is -1.73. The van der Waals surface area contributed by atoms with Gasteiger partial charge in [-0.25, -0.2) is 0 Å². The van der Waals surface area contributed by atoms with Crippen LogP contribution >= 0.6 is 0 Å². The molecule has 3 N–H and O–H groups in total. The van der Waals surface area contributed by atoms with Crippen LogP contribution in [0.5, 0.6) is 0 Å². The van der Waals surface area contributed by atoms with Crippen LogP contribution in [0.3, 0.4) is 0 Å². The van der Waals surface area contributed by atoms with Crippen LogP contribution in [0.15, 0.2) is 12.1 Å². The highest BCUT2D eigenvalue weighted by Gasteiger charge is 2.16. The van der Waals surface area contributed by atoms with Gasteiger partial charge in [0.15, 0.2) is 5.69 Å². The molecular weight excluding hydrogens is 248 g/mol. The van der Waals surface area contributed by atoms with E-state index >= 15 is 0 Å². The van der Waals surface area contributed by atoms with Gasteiger partial charge in [0.05, 0.1) is 13.2 Å². The fraction of sp³-hybridized carbons (Fsp3) is 0.583. The second-order valence-electron chi connectivity index (χ2n) is 3.97. The number of aliphatic hydroxyl groups is 2. The molecule has 0 saturated carbocycles. The Balaban J connectivity index is 2.69. The van der Waals surface area contributed by atoms with E-state index in [0.717, 1.165) is 13.0 Å². The highest BCUT2D eigenvalue weighted by molar-refractivity contribution is 5.92. The molecule has 106 valence electrons. The summed E-state index contributed by atoms with van der Waals surface area (Å²) in [6.45, 7) is 2.85. The molecule has 1 aromatic rings. The number of nitrogens with zero attached hydrogens (tertiary/aromatic N) is 3. The van der Waals surface area contributed by atoms with Crippen molar-refractivity contribution in [3.63, 3.8) is 0 Å². The first kappa shape index (κ1) is 15.3. The van der Waals surface area contributed by atoms with E-state index in [-0.39, 0.29) is 37.9 Å². The van der Waals surface area contributed by atoms with Crippen LogP contribution in [0.25, 0.3) is 0 Å². The third-order valence-electron chi connectivity index (χ3n) is 2.47. The standard InChI is InChI=1S/C12H20N4O3/c1-2-5-13-11-4-3-10(14-15-11)12(19)16(6-8-17)7-9-18/h3-4,17-18H,2,5-9H2,1H3,(H,13,15). The summed E-state index contributed by atoms with van der Waals surface area (Å²) in [7, 11) is 0. The molecule has 0 aliphatic heterocycles. The number of carbonyl (C=O) groups is 1. The number of hydrogen-bond acceptors (Lipinski definition) is 6. The first-order valence-electron chi connectivity index (χ1n) is 6.31. The number of carbonyl (C=O) groups excluding carboxylic acids is 1. The second-order valence-corrected chi connectivity index (χ2v) is 3.97. The summed E-state index contributed by atoms with van der Waals surface area (Å²) in [5.41, 5.74) is 0.198. The zero-order valence-electron chi connectivity index (χ0n) is 11.0. The molecular formula is C12H20N4O3. The van der Waals surface area contributed by atoms with E-state index in [4.69, 9.17) is 10.2 Å². The molecule has 1 heterocycles.